The standard InChI is InChI=1S/C8H3F9N2O/c9-2-3(5(11)19-18-4(2)10)20-1-7(13,14)6(12)8(15,16)17/h6H,1H2. The lowest BCUT2D eigenvalue weighted by Gasteiger charge is -2.22. The molecule has 0 saturated heterocycles. The zero-order valence-corrected chi connectivity index (χ0v) is 8.99. The number of hydrogen-bond acceptors (Lipinski definition) is 3. The largest absolute Gasteiger partial charge is 0.480 e. The summed E-state index contributed by atoms with van der Waals surface area (Å²) in [4.78, 5) is 0. The van der Waals surface area contributed by atoms with Gasteiger partial charge in [0.05, 0.1) is 0 Å². The Morgan fingerprint density at radius 1 is 0.950 bits per heavy atom. The van der Waals surface area contributed by atoms with Crippen LogP contribution in [0.25, 0.3) is 0 Å². The van der Waals surface area contributed by atoms with Crippen molar-refractivity contribution in [1.82, 2.24) is 10.2 Å². The van der Waals surface area contributed by atoms with Gasteiger partial charge in [0.1, 0.15) is 0 Å². The predicted molar refractivity (Wildman–Crippen MR) is 43.3 cm³/mol. The summed E-state index contributed by atoms with van der Waals surface area (Å²) < 4.78 is 115. The molecule has 0 aliphatic heterocycles. The Balaban J connectivity index is 2.90. The van der Waals surface area contributed by atoms with E-state index >= 15 is 0 Å². The molecule has 0 N–H and O–H groups in total. The number of alkyl halides is 6. The minimum atomic E-state index is -5.91. The van der Waals surface area contributed by atoms with Crippen LogP contribution in [0.1, 0.15) is 0 Å². The molecule has 0 aliphatic rings. The molecule has 0 spiro atoms. The molecule has 1 heterocycles. The van der Waals surface area contributed by atoms with Gasteiger partial charge in [-0.05, 0) is 0 Å². The second kappa shape index (κ2) is 5.32. The second-order valence-corrected chi connectivity index (χ2v) is 3.38. The first-order chi connectivity index (χ1) is 8.97. The molecule has 1 aromatic heterocycles. The van der Waals surface area contributed by atoms with Gasteiger partial charge in [-0.1, -0.05) is 0 Å². The number of rotatable bonds is 4. The Morgan fingerprint density at radius 2 is 1.45 bits per heavy atom. The molecule has 1 rings (SSSR count). The zero-order valence-electron chi connectivity index (χ0n) is 8.99. The molecule has 0 radical (unpaired) electrons. The van der Waals surface area contributed by atoms with E-state index in [1.165, 1.54) is 0 Å². The minimum absolute atomic E-state index is 1.83. The van der Waals surface area contributed by atoms with Gasteiger partial charge in [-0.25, -0.2) is 4.39 Å². The maximum absolute atomic E-state index is 12.9. The molecular weight excluding hydrogens is 311 g/mol. The quantitative estimate of drug-likeness (QED) is 0.802. The highest BCUT2D eigenvalue weighted by atomic mass is 19.4. The van der Waals surface area contributed by atoms with Crippen molar-refractivity contribution >= 4 is 0 Å². The first-order valence-corrected chi connectivity index (χ1v) is 4.55. The van der Waals surface area contributed by atoms with Gasteiger partial charge in [0.15, 0.2) is 6.61 Å². The molecule has 12 heteroatoms. The molecule has 3 nitrogen and oxygen atoms in total. The Labute approximate surface area is 104 Å². The van der Waals surface area contributed by atoms with E-state index in [4.69, 9.17) is 0 Å². The molecule has 0 bridgehead atoms. The van der Waals surface area contributed by atoms with E-state index in [2.05, 4.69) is 14.9 Å². The van der Waals surface area contributed by atoms with E-state index < -0.39 is 48.3 Å². The van der Waals surface area contributed by atoms with Crippen LogP contribution in [0.3, 0.4) is 0 Å². The zero-order chi connectivity index (χ0) is 15.7. The van der Waals surface area contributed by atoms with Gasteiger partial charge in [0.25, 0.3) is 18.1 Å². The van der Waals surface area contributed by atoms with Gasteiger partial charge < -0.3 is 4.74 Å². The maximum Gasteiger partial charge on any atom is 0.425 e. The summed E-state index contributed by atoms with van der Waals surface area (Å²) in [5.41, 5.74) is 0. The number of aromatic nitrogens is 2. The third kappa shape index (κ3) is 3.42. The molecular formula is C8H3F9N2O. The number of nitrogens with zero attached hydrogens (tertiary/aromatic N) is 2. The summed E-state index contributed by atoms with van der Waals surface area (Å²) in [6.07, 6.45) is -10.5. The van der Waals surface area contributed by atoms with Crippen molar-refractivity contribution in [3.63, 3.8) is 0 Å². The lowest BCUT2D eigenvalue weighted by atomic mass is 10.2. The topological polar surface area (TPSA) is 35.0 Å². The van der Waals surface area contributed by atoms with E-state index in [1.807, 2.05) is 0 Å². The van der Waals surface area contributed by atoms with Crippen LogP contribution in [0.2, 0.25) is 0 Å². The van der Waals surface area contributed by atoms with Gasteiger partial charge in [-0.2, -0.15) is 35.1 Å². The van der Waals surface area contributed by atoms with Crippen molar-refractivity contribution in [3.05, 3.63) is 17.7 Å². The van der Waals surface area contributed by atoms with Crippen LogP contribution >= 0.6 is 0 Å². The summed E-state index contributed by atoms with van der Waals surface area (Å²) in [5.74, 6) is -13.2. The molecule has 0 fully saturated rings. The van der Waals surface area contributed by atoms with Crippen molar-refractivity contribution in [2.45, 2.75) is 18.3 Å². The smallest absolute Gasteiger partial charge is 0.425 e. The predicted octanol–water partition coefficient (Wildman–Crippen LogP) is 2.81. The Bertz CT molecular complexity index is 490. The maximum atomic E-state index is 12.9. The van der Waals surface area contributed by atoms with Crippen LogP contribution in [0.4, 0.5) is 39.5 Å². The summed E-state index contributed by atoms with van der Waals surface area (Å²) in [7, 11) is 0. The third-order valence-corrected chi connectivity index (χ3v) is 1.86. The number of ether oxygens (including phenoxy) is 1. The normalized spacial score (nSPS) is 14.2. The lowest BCUT2D eigenvalue weighted by Crippen LogP contribution is -2.45. The first kappa shape index (κ1) is 16.3. The second-order valence-electron chi connectivity index (χ2n) is 3.38. The summed E-state index contributed by atoms with van der Waals surface area (Å²) in [6, 6.07) is 0. The van der Waals surface area contributed by atoms with Crippen LogP contribution in [0, 0.1) is 17.7 Å². The molecule has 0 aromatic carbocycles. The fourth-order valence-electron chi connectivity index (χ4n) is 0.965. The van der Waals surface area contributed by atoms with Crippen LogP contribution < -0.4 is 4.74 Å². The fraction of sp³-hybridized carbons (Fsp3) is 0.500. The average molecular weight is 314 g/mol. The van der Waals surface area contributed by atoms with Crippen molar-refractivity contribution in [1.29, 1.82) is 0 Å². The van der Waals surface area contributed by atoms with E-state index in [-0.39, 0.29) is 0 Å². The van der Waals surface area contributed by atoms with Crippen molar-refractivity contribution in [3.8, 4) is 5.75 Å². The fourth-order valence-corrected chi connectivity index (χ4v) is 0.965. The van der Waals surface area contributed by atoms with Gasteiger partial charge in [0, 0.05) is 0 Å². The summed E-state index contributed by atoms with van der Waals surface area (Å²) in [6.45, 7) is -2.38. The van der Waals surface area contributed by atoms with Gasteiger partial charge in [0.2, 0.25) is 11.6 Å². The Morgan fingerprint density at radius 3 is 1.95 bits per heavy atom. The average Bonchev–Trinajstić information content (AvgIpc) is 2.32. The highest BCUT2D eigenvalue weighted by Gasteiger charge is 2.57. The molecule has 0 amide bonds. The van der Waals surface area contributed by atoms with Crippen molar-refractivity contribution in [2.75, 3.05) is 6.61 Å². The highest BCUT2D eigenvalue weighted by molar-refractivity contribution is 5.19. The summed E-state index contributed by atoms with van der Waals surface area (Å²) >= 11 is 0. The molecule has 1 atom stereocenters. The van der Waals surface area contributed by atoms with E-state index in [0.717, 1.165) is 0 Å². The molecule has 1 aromatic rings. The molecule has 1 unspecified atom stereocenters. The van der Waals surface area contributed by atoms with Gasteiger partial charge in [-0.3, -0.25) is 0 Å². The molecule has 0 saturated carbocycles. The van der Waals surface area contributed by atoms with Crippen molar-refractivity contribution in [2.24, 2.45) is 0 Å². The van der Waals surface area contributed by atoms with Crippen molar-refractivity contribution < 1.29 is 44.3 Å². The Hall–Kier alpha value is -1.75. The number of hydrogen-bond donors (Lipinski definition) is 0. The first-order valence-electron chi connectivity index (χ1n) is 4.55. The van der Waals surface area contributed by atoms with Crippen LogP contribution in [0.15, 0.2) is 0 Å². The summed E-state index contributed by atoms with van der Waals surface area (Å²) in [5, 5.41) is 4.59. The van der Waals surface area contributed by atoms with E-state index in [1.54, 1.807) is 0 Å². The van der Waals surface area contributed by atoms with Crippen LogP contribution in [-0.4, -0.2) is 35.1 Å². The van der Waals surface area contributed by atoms with Gasteiger partial charge >= 0.3 is 12.1 Å². The van der Waals surface area contributed by atoms with E-state index in [9.17, 15) is 39.5 Å². The van der Waals surface area contributed by atoms with Gasteiger partial charge in [-0.15, -0.1) is 10.2 Å². The molecule has 114 valence electrons. The van der Waals surface area contributed by atoms with Crippen LogP contribution in [-0.2, 0) is 0 Å². The Kier molecular flexibility index (Phi) is 4.34. The third-order valence-electron chi connectivity index (χ3n) is 1.86. The molecule has 0 aliphatic carbocycles. The van der Waals surface area contributed by atoms with Crippen LogP contribution in [0.5, 0.6) is 5.75 Å². The SMILES string of the molecule is Fc1nnc(F)c(OCC(F)(F)C(F)C(F)(F)F)c1F. The highest BCUT2D eigenvalue weighted by Crippen LogP contribution is 2.35. The van der Waals surface area contributed by atoms with E-state index in [0.29, 0.717) is 0 Å². The minimum Gasteiger partial charge on any atom is -0.480 e. The monoisotopic (exact) mass is 314 g/mol. The number of halogens is 9. The lowest BCUT2D eigenvalue weighted by molar-refractivity contribution is -0.250. The molecule has 20 heavy (non-hydrogen) atoms.